The molecular formula is C10H18N4O. The molecule has 0 atom stereocenters. The van der Waals surface area contributed by atoms with E-state index in [4.69, 9.17) is 10.3 Å². The summed E-state index contributed by atoms with van der Waals surface area (Å²) in [5.41, 5.74) is 3.56. The van der Waals surface area contributed by atoms with Crippen LogP contribution in [0.25, 0.3) is 0 Å². The molecule has 15 heavy (non-hydrogen) atoms. The second-order valence-electron chi connectivity index (χ2n) is 3.22. The van der Waals surface area contributed by atoms with Crippen molar-refractivity contribution in [2.24, 2.45) is 10.8 Å². The highest BCUT2D eigenvalue weighted by Gasteiger charge is 1.96. The van der Waals surface area contributed by atoms with Crippen molar-refractivity contribution < 1.29 is 4.42 Å². The molecular weight excluding hydrogens is 192 g/mol. The lowest BCUT2D eigenvalue weighted by molar-refractivity contribution is 0.564. The minimum Gasteiger partial charge on any atom is -0.472 e. The molecule has 0 unspecified atom stereocenters. The van der Waals surface area contributed by atoms with E-state index in [9.17, 15) is 0 Å². The topological polar surface area (TPSA) is 75.6 Å². The molecule has 1 rings (SSSR count). The quantitative estimate of drug-likeness (QED) is 0.223. The van der Waals surface area contributed by atoms with Gasteiger partial charge in [-0.15, -0.1) is 0 Å². The molecule has 4 N–H and O–H groups in total. The van der Waals surface area contributed by atoms with Crippen molar-refractivity contribution in [2.75, 3.05) is 6.54 Å². The Morgan fingerprint density at radius 3 is 3.07 bits per heavy atom. The molecule has 0 aliphatic carbocycles. The number of hydrazine groups is 1. The molecule has 1 heterocycles. The number of aliphatic imine (C=N–C) groups is 1. The minimum atomic E-state index is 0.565. The molecule has 0 aliphatic heterocycles. The van der Waals surface area contributed by atoms with Crippen molar-refractivity contribution in [1.29, 1.82) is 0 Å². The van der Waals surface area contributed by atoms with Crippen LogP contribution in [0.5, 0.6) is 0 Å². The zero-order valence-electron chi connectivity index (χ0n) is 8.99. The molecule has 0 aromatic carbocycles. The van der Waals surface area contributed by atoms with E-state index < -0.39 is 0 Å². The van der Waals surface area contributed by atoms with Gasteiger partial charge >= 0.3 is 0 Å². The Morgan fingerprint density at radius 1 is 1.60 bits per heavy atom. The van der Waals surface area contributed by atoms with Crippen LogP contribution in [0.4, 0.5) is 0 Å². The molecule has 0 spiro atoms. The van der Waals surface area contributed by atoms with Gasteiger partial charge < -0.3 is 9.73 Å². The van der Waals surface area contributed by atoms with Gasteiger partial charge in [0.2, 0.25) is 5.96 Å². The Morgan fingerprint density at radius 2 is 2.47 bits per heavy atom. The van der Waals surface area contributed by atoms with Gasteiger partial charge in [-0.1, -0.05) is 13.3 Å². The fourth-order valence-corrected chi connectivity index (χ4v) is 1.09. The lowest BCUT2D eigenvalue weighted by Gasteiger charge is -2.07. The van der Waals surface area contributed by atoms with Crippen LogP contribution >= 0.6 is 0 Å². The summed E-state index contributed by atoms with van der Waals surface area (Å²) >= 11 is 0. The van der Waals surface area contributed by atoms with Crippen molar-refractivity contribution in [3.05, 3.63) is 24.2 Å². The molecule has 0 fully saturated rings. The van der Waals surface area contributed by atoms with E-state index in [0.717, 1.165) is 24.9 Å². The predicted molar refractivity (Wildman–Crippen MR) is 60.1 cm³/mol. The second-order valence-corrected chi connectivity index (χ2v) is 3.22. The maximum absolute atomic E-state index is 5.33. The SMILES string of the molecule is CCCCNC(=NCc1ccoc1)NN. The fourth-order valence-electron chi connectivity index (χ4n) is 1.09. The number of rotatable bonds is 5. The summed E-state index contributed by atoms with van der Waals surface area (Å²) < 4.78 is 4.94. The lowest BCUT2D eigenvalue weighted by Crippen LogP contribution is -2.41. The van der Waals surface area contributed by atoms with Gasteiger partial charge in [0.05, 0.1) is 19.1 Å². The van der Waals surface area contributed by atoms with E-state index in [1.54, 1.807) is 12.5 Å². The van der Waals surface area contributed by atoms with Gasteiger partial charge in [0.25, 0.3) is 0 Å². The van der Waals surface area contributed by atoms with Crippen molar-refractivity contribution in [3.8, 4) is 0 Å². The molecule has 5 nitrogen and oxygen atoms in total. The first-order chi connectivity index (χ1) is 7.36. The highest BCUT2D eigenvalue weighted by Crippen LogP contribution is 2.00. The molecule has 84 valence electrons. The first-order valence-electron chi connectivity index (χ1n) is 5.12. The Hall–Kier alpha value is -1.49. The maximum atomic E-state index is 5.33. The first-order valence-corrected chi connectivity index (χ1v) is 5.12. The Balaban J connectivity index is 2.33. The predicted octanol–water partition coefficient (Wildman–Crippen LogP) is 0.989. The van der Waals surface area contributed by atoms with Gasteiger partial charge in [0.15, 0.2) is 0 Å². The summed E-state index contributed by atoms with van der Waals surface area (Å²) in [5.74, 6) is 5.94. The van der Waals surface area contributed by atoms with Crippen LogP contribution in [0.15, 0.2) is 28.0 Å². The van der Waals surface area contributed by atoms with E-state index >= 15 is 0 Å². The molecule has 0 saturated heterocycles. The van der Waals surface area contributed by atoms with Gasteiger partial charge in [-0.3, -0.25) is 5.43 Å². The molecule has 0 bridgehead atoms. The highest BCUT2D eigenvalue weighted by molar-refractivity contribution is 5.79. The number of hydrogen-bond acceptors (Lipinski definition) is 3. The van der Waals surface area contributed by atoms with E-state index in [-0.39, 0.29) is 0 Å². The van der Waals surface area contributed by atoms with Crippen molar-refractivity contribution in [2.45, 2.75) is 26.3 Å². The molecule has 1 aromatic rings. The van der Waals surface area contributed by atoms with E-state index in [1.807, 2.05) is 6.07 Å². The highest BCUT2D eigenvalue weighted by atomic mass is 16.3. The summed E-state index contributed by atoms with van der Waals surface area (Å²) in [4.78, 5) is 4.27. The van der Waals surface area contributed by atoms with Crippen LogP contribution < -0.4 is 16.6 Å². The van der Waals surface area contributed by atoms with Crippen molar-refractivity contribution in [1.82, 2.24) is 10.7 Å². The molecule has 0 radical (unpaired) electrons. The van der Waals surface area contributed by atoms with Crippen LogP contribution in [-0.4, -0.2) is 12.5 Å². The zero-order valence-corrected chi connectivity index (χ0v) is 8.99. The number of unbranched alkanes of at least 4 members (excludes halogenated alkanes) is 1. The number of hydrogen-bond donors (Lipinski definition) is 3. The average molecular weight is 210 g/mol. The van der Waals surface area contributed by atoms with E-state index in [1.165, 1.54) is 0 Å². The van der Waals surface area contributed by atoms with Gasteiger partial charge in [-0.2, -0.15) is 0 Å². The monoisotopic (exact) mass is 210 g/mol. The molecule has 0 aliphatic rings. The normalized spacial score (nSPS) is 11.5. The lowest BCUT2D eigenvalue weighted by atomic mass is 10.3. The maximum Gasteiger partial charge on any atom is 0.206 e. The van der Waals surface area contributed by atoms with E-state index in [0.29, 0.717) is 12.5 Å². The molecule has 0 amide bonds. The second kappa shape index (κ2) is 6.89. The summed E-state index contributed by atoms with van der Waals surface area (Å²) in [6, 6.07) is 1.88. The van der Waals surface area contributed by atoms with Crippen molar-refractivity contribution >= 4 is 5.96 Å². The third-order valence-electron chi connectivity index (χ3n) is 1.96. The standard InChI is InChI=1S/C10H18N4O/c1-2-3-5-12-10(14-11)13-7-9-4-6-15-8-9/h4,6,8H,2-3,5,7,11H2,1H3,(H2,12,13,14). The summed E-state index contributed by atoms with van der Waals surface area (Å²) in [6.07, 6.45) is 5.55. The third-order valence-corrected chi connectivity index (χ3v) is 1.96. The molecule has 0 saturated carbocycles. The van der Waals surface area contributed by atoms with Crippen LogP contribution in [0.3, 0.4) is 0 Å². The van der Waals surface area contributed by atoms with Crippen LogP contribution in [0, 0.1) is 0 Å². The number of nitrogens with one attached hydrogen (secondary N) is 2. The van der Waals surface area contributed by atoms with Gasteiger partial charge in [-0.05, 0) is 12.5 Å². The minimum absolute atomic E-state index is 0.565. The van der Waals surface area contributed by atoms with Gasteiger partial charge in [0.1, 0.15) is 0 Å². The summed E-state index contributed by atoms with van der Waals surface area (Å²) in [6.45, 7) is 3.58. The first kappa shape index (κ1) is 11.6. The van der Waals surface area contributed by atoms with Crippen LogP contribution in [-0.2, 0) is 6.54 Å². The van der Waals surface area contributed by atoms with Crippen molar-refractivity contribution in [3.63, 3.8) is 0 Å². The Kier molecular flexibility index (Phi) is 5.32. The number of guanidine groups is 1. The largest absolute Gasteiger partial charge is 0.472 e. The smallest absolute Gasteiger partial charge is 0.206 e. The zero-order chi connectivity index (χ0) is 10.9. The Bertz CT molecular complexity index is 282. The van der Waals surface area contributed by atoms with Crippen LogP contribution in [0.2, 0.25) is 0 Å². The van der Waals surface area contributed by atoms with Gasteiger partial charge in [-0.25, -0.2) is 10.8 Å². The number of nitrogens with zero attached hydrogens (tertiary/aromatic N) is 1. The molecule has 1 aromatic heterocycles. The number of furan rings is 1. The van der Waals surface area contributed by atoms with Gasteiger partial charge in [0, 0.05) is 12.1 Å². The molecule has 5 heteroatoms. The summed E-state index contributed by atoms with van der Waals surface area (Å²) in [5, 5.41) is 3.12. The average Bonchev–Trinajstić information content (AvgIpc) is 2.76. The van der Waals surface area contributed by atoms with Crippen LogP contribution in [0.1, 0.15) is 25.3 Å². The fraction of sp³-hybridized carbons (Fsp3) is 0.500. The van der Waals surface area contributed by atoms with E-state index in [2.05, 4.69) is 22.7 Å². The Labute approximate surface area is 89.7 Å². The third kappa shape index (κ3) is 4.51. The summed E-state index contributed by atoms with van der Waals surface area (Å²) in [7, 11) is 0. The number of nitrogens with two attached hydrogens (primary N) is 1.